The molecule has 1 aromatic heterocycles. The van der Waals surface area contributed by atoms with Crippen molar-refractivity contribution >= 4 is 16.9 Å². The standard InChI is InChI=1S/C11H11NO3/c1-6(11(13)14)8-3-4-9-7(2)15-12-10(9)5-8/h3-6H,1-2H3,(H,13,14). The van der Waals surface area contributed by atoms with Crippen LogP contribution in [0, 0.1) is 6.92 Å². The Morgan fingerprint density at radius 1 is 1.53 bits per heavy atom. The van der Waals surface area contributed by atoms with Crippen LogP contribution >= 0.6 is 0 Å². The summed E-state index contributed by atoms with van der Waals surface area (Å²) in [7, 11) is 0. The van der Waals surface area contributed by atoms with E-state index in [1.807, 2.05) is 13.0 Å². The van der Waals surface area contributed by atoms with Crippen LogP contribution in [0.15, 0.2) is 22.7 Å². The second-order valence-corrected chi connectivity index (χ2v) is 3.58. The predicted octanol–water partition coefficient (Wildman–Crippen LogP) is 2.32. The molecular formula is C11H11NO3. The molecule has 1 unspecified atom stereocenters. The molecule has 2 rings (SSSR count). The van der Waals surface area contributed by atoms with Crippen LogP contribution in [0.5, 0.6) is 0 Å². The SMILES string of the molecule is Cc1onc2cc(C(C)C(=O)O)ccc12. The summed E-state index contributed by atoms with van der Waals surface area (Å²) in [5.74, 6) is -0.611. The summed E-state index contributed by atoms with van der Waals surface area (Å²) in [5.41, 5.74) is 1.45. The minimum atomic E-state index is -0.838. The molecule has 1 atom stereocenters. The van der Waals surface area contributed by atoms with Gasteiger partial charge in [-0.25, -0.2) is 0 Å². The molecule has 0 bridgehead atoms. The van der Waals surface area contributed by atoms with E-state index in [1.54, 1.807) is 19.1 Å². The minimum absolute atomic E-state index is 0.522. The van der Waals surface area contributed by atoms with Gasteiger partial charge in [0, 0.05) is 5.39 Å². The monoisotopic (exact) mass is 205 g/mol. The van der Waals surface area contributed by atoms with Crippen molar-refractivity contribution in [1.29, 1.82) is 0 Å². The molecule has 0 saturated carbocycles. The Hall–Kier alpha value is -1.84. The second-order valence-electron chi connectivity index (χ2n) is 3.58. The van der Waals surface area contributed by atoms with Crippen LogP contribution in [0.25, 0.3) is 10.9 Å². The normalized spacial score (nSPS) is 12.9. The van der Waals surface area contributed by atoms with Gasteiger partial charge in [0.15, 0.2) is 0 Å². The van der Waals surface area contributed by atoms with Crippen LogP contribution in [0.3, 0.4) is 0 Å². The third-order valence-electron chi connectivity index (χ3n) is 2.55. The molecule has 0 radical (unpaired) electrons. The minimum Gasteiger partial charge on any atom is -0.481 e. The number of carbonyl (C=O) groups is 1. The number of aromatic nitrogens is 1. The largest absolute Gasteiger partial charge is 0.481 e. The Balaban J connectivity index is 2.52. The van der Waals surface area contributed by atoms with E-state index in [9.17, 15) is 4.79 Å². The van der Waals surface area contributed by atoms with Gasteiger partial charge in [0.25, 0.3) is 0 Å². The lowest BCUT2D eigenvalue weighted by atomic mass is 10.00. The zero-order valence-electron chi connectivity index (χ0n) is 8.52. The van der Waals surface area contributed by atoms with Gasteiger partial charge in [-0.15, -0.1) is 0 Å². The first-order valence-corrected chi connectivity index (χ1v) is 4.68. The first kappa shape index (κ1) is 9.71. The van der Waals surface area contributed by atoms with Crippen molar-refractivity contribution in [2.75, 3.05) is 0 Å². The summed E-state index contributed by atoms with van der Waals surface area (Å²) in [5, 5.41) is 13.6. The molecule has 0 saturated heterocycles. The van der Waals surface area contributed by atoms with Gasteiger partial charge >= 0.3 is 5.97 Å². The Morgan fingerprint density at radius 3 is 2.93 bits per heavy atom. The van der Waals surface area contributed by atoms with Crippen LogP contribution in [0.2, 0.25) is 0 Å². The number of carboxylic acids is 1. The van der Waals surface area contributed by atoms with E-state index in [0.717, 1.165) is 16.7 Å². The van der Waals surface area contributed by atoms with Crippen molar-refractivity contribution in [3.8, 4) is 0 Å². The van der Waals surface area contributed by atoms with Crippen LogP contribution in [-0.2, 0) is 4.79 Å². The van der Waals surface area contributed by atoms with Gasteiger partial charge in [-0.2, -0.15) is 0 Å². The quantitative estimate of drug-likeness (QED) is 0.817. The van der Waals surface area contributed by atoms with E-state index in [1.165, 1.54) is 0 Å². The van der Waals surface area contributed by atoms with E-state index >= 15 is 0 Å². The smallest absolute Gasteiger partial charge is 0.310 e. The average Bonchev–Trinajstić information content (AvgIpc) is 2.59. The van der Waals surface area contributed by atoms with Gasteiger partial charge in [0.05, 0.1) is 5.92 Å². The summed E-state index contributed by atoms with van der Waals surface area (Å²) >= 11 is 0. The molecule has 4 nitrogen and oxygen atoms in total. The number of aliphatic carboxylic acids is 1. The predicted molar refractivity (Wildman–Crippen MR) is 54.8 cm³/mol. The van der Waals surface area contributed by atoms with Crippen LogP contribution < -0.4 is 0 Å². The fourth-order valence-electron chi connectivity index (χ4n) is 1.50. The number of nitrogens with zero attached hydrogens (tertiary/aromatic N) is 1. The van der Waals surface area contributed by atoms with Gasteiger partial charge in [0.1, 0.15) is 11.3 Å². The average molecular weight is 205 g/mol. The lowest BCUT2D eigenvalue weighted by Gasteiger charge is -2.05. The third kappa shape index (κ3) is 1.58. The van der Waals surface area contributed by atoms with E-state index < -0.39 is 11.9 Å². The van der Waals surface area contributed by atoms with Gasteiger partial charge in [-0.05, 0) is 31.5 Å². The summed E-state index contributed by atoms with van der Waals surface area (Å²) < 4.78 is 5.01. The number of fused-ring (bicyclic) bond motifs is 1. The van der Waals surface area contributed by atoms with Crippen molar-refractivity contribution in [1.82, 2.24) is 5.16 Å². The second kappa shape index (κ2) is 3.38. The Bertz CT molecular complexity index is 516. The van der Waals surface area contributed by atoms with Crippen molar-refractivity contribution < 1.29 is 14.4 Å². The highest BCUT2D eigenvalue weighted by Gasteiger charge is 2.15. The Kier molecular flexibility index (Phi) is 2.19. The summed E-state index contributed by atoms with van der Waals surface area (Å²) in [6.45, 7) is 3.48. The van der Waals surface area contributed by atoms with Crippen LogP contribution in [0.1, 0.15) is 24.2 Å². The van der Waals surface area contributed by atoms with Crippen molar-refractivity contribution in [3.05, 3.63) is 29.5 Å². The summed E-state index contributed by atoms with van der Waals surface area (Å²) in [6.07, 6.45) is 0. The molecule has 15 heavy (non-hydrogen) atoms. The number of carboxylic acid groups (broad SMARTS) is 1. The van der Waals surface area contributed by atoms with Gasteiger partial charge in [0.2, 0.25) is 0 Å². The molecule has 1 aromatic carbocycles. The molecular weight excluding hydrogens is 194 g/mol. The van der Waals surface area contributed by atoms with E-state index in [-0.39, 0.29) is 0 Å². The van der Waals surface area contributed by atoms with E-state index in [4.69, 9.17) is 9.63 Å². The first-order valence-electron chi connectivity index (χ1n) is 4.68. The van der Waals surface area contributed by atoms with Crippen LogP contribution in [-0.4, -0.2) is 16.2 Å². The lowest BCUT2D eigenvalue weighted by Crippen LogP contribution is -2.06. The summed E-state index contributed by atoms with van der Waals surface area (Å²) in [6, 6.07) is 5.39. The van der Waals surface area contributed by atoms with E-state index in [2.05, 4.69) is 5.16 Å². The number of aryl methyl sites for hydroxylation is 1. The molecule has 0 aliphatic heterocycles. The van der Waals surface area contributed by atoms with Gasteiger partial charge < -0.3 is 9.63 Å². The molecule has 78 valence electrons. The molecule has 1 heterocycles. The molecule has 2 aromatic rings. The molecule has 4 heteroatoms. The number of hydrogen-bond donors (Lipinski definition) is 1. The van der Waals surface area contributed by atoms with Crippen LogP contribution in [0.4, 0.5) is 0 Å². The number of hydrogen-bond acceptors (Lipinski definition) is 3. The maximum absolute atomic E-state index is 10.8. The fraction of sp³-hybridized carbons (Fsp3) is 0.273. The highest BCUT2D eigenvalue weighted by molar-refractivity contribution is 5.83. The molecule has 0 fully saturated rings. The summed E-state index contributed by atoms with van der Waals surface area (Å²) in [4.78, 5) is 10.8. The van der Waals surface area contributed by atoms with Crippen molar-refractivity contribution in [2.24, 2.45) is 0 Å². The molecule has 0 spiro atoms. The fourth-order valence-corrected chi connectivity index (χ4v) is 1.50. The zero-order chi connectivity index (χ0) is 11.0. The van der Waals surface area contributed by atoms with Crippen molar-refractivity contribution in [3.63, 3.8) is 0 Å². The van der Waals surface area contributed by atoms with Gasteiger partial charge in [-0.1, -0.05) is 11.2 Å². The van der Waals surface area contributed by atoms with E-state index in [0.29, 0.717) is 5.52 Å². The molecule has 1 N–H and O–H groups in total. The number of benzene rings is 1. The molecule has 0 aliphatic carbocycles. The lowest BCUT2D eigenvalue weighted by molar-refractivity contribution is -0.138. The molecule has 0 amide bonds. The van der Waals surface area contributed by atoms with Gasteiger partial charge in [-0.3, -0.25) is 4.79 Å². The highest BCUT2D eigenvalue weighted by atomic mass is 16.5. The third-order valence-corrected chi connectivity index (χ3v) is 2.55. The topological polar surface area (TPSA) is 63.3 Å². The Morgan fingerprint density at radius 2 is 2.27 bits per heavy atom. The maximum Gasteiger partial charge on any atom is 0.310 e. The maximum atomic E-state index is 10.8. The van der Waals surface area contributed by atoms with Crippen molar-refractivity contribution in [2.45, 2.75) is 19.8 Å². The zero-order valence-corrected chi connectivity index (χ0v) is 8.52. The Labute approximate surface area is 86.5 Å². The first-order chi connectivity index (χ1) is 7.09. The molecule has 0 aliphatic rings. The highest BCUT2D eigenvalue weighted by Crippen LogP contribution is 2.23. The number of rotatable bonds is 2.